The van der Waals surface area contributed by atoms with E-state index in [1.54, 1.807) is 12.1 Å². The lowest BCUT2D eigenvalue weighted by Gasteiger charge is -2.40. The van der Waals surface area contributed by atoms with Gasteiger partial charge in [0.2, 0.25) is 0 Å². The Morgan fingerprint density at radius 2 is 1.44 bits per heavy atom. The molecule has 0 saturated carbocycles. The first kappa shape index (κ1) is 23.5. The third kappa shape index (κ3) is 5.70. The van der Waals surface area contributed by atoms with Gasteiger partial charge in [0.05, 0.1) is 18.8 Å². The molecule has 0 aliphatic heterocycles. The maximum atomic E-state index is 12.4. The second kappa shape index (κ2) is 8.63. The Morgan fingerprint density at radius 1 is 1.00 bits per heavy atom. The van der Waals surface area contributed by atoms with E-state index in [1.165, 1.54) is 19.1 Å². The predicted octanol–water partition coefficient (Wildman–Crippen LogP) is 2.85. The molecule has 1 aromatic carbocycles. The maximum absolute atomic E-state index is 12.4. The van der Waals surface area contributed by atoms with Crippen molar-refractivity contribution in [1.29, 1.82) is 0 Å². The summed E-state index contributed by atoms with van der Waals surface area (Å²) in [5.74, 6) is -4.75. The van der Waals surface area contributed by atoms with Crippen molar-refractivity contribution in [3.05, 3.63) is 33.4 Å². The van der Waals surface area contributed by atoms with Gasteiger partial charge in [0, 0.05) is 9.49 Å². The summed E-state index contributed by atoms with van der Waals surface area (Å²) >= 11 is 2.00. The van der Waals surface area contributed by atoms with Crippen LogP contribution in [0.5, 0.6) is 0 Å². The van der Waals surface area contributed by atoms with E-state index in [-0.39, 0.29) is 5.56 Å². The number of esters is 2. The number of ether oxygens (including phenoxy) is 2. The van der Waals surface area contributed by atoms with E-state index < -0.39 is 49.0 Å². The van der Waals surface area contributed by atoms with Crippen LogP contribution in [0.3, 0.4) is 0 Å². The summed E-state index contributed by atoms with van der Waals surface area (Å²) in [4.78, 5) is 22.9. The molecule has 12 heteroatoms. The Hall–Kier alpha value is -1.57. The Bertz CT molecular complexity index is 657. The van der Waals surface area contributed by atoms with E-state index in [0.717, 1.165) is 3.57 Å². The van der Waals surface area contributed by atoms with Crippen LogP contribution in [0.25, 0.3) is 0 Å². The first-order chi connectivity index (χ1) is 12.2. The fraction of sp³-hybridized carbons (Fsp3) is 0.467. The number of carbonyl (C=O) groups is 2. The molecule has 0 aliphatic rings. The van der Waals surface area contributed by atoms with Crippen LogP contribution in [0.2, 0.25) is 0 Å². The molecule has 1 atom stereocenters. The van der Waals surface area contributed by atoms with Crippen molar-refractivity contribution in [2.75, 3.05) is 13.2 Å². The van der Waals surface area contributed by atoms with Gasteiger partial charge in [-0.3, -0.25) is 4.79 Å². The molecule has 0 radical (unpaired) electrons. The molecule has 0 fully saturated rings. The van der Waals surface area contributed by atoms with Crippen LogP contribution in [0.4, 0.5) is 26.3 Å². The summed E-state index contributed by atoms with van der Waals surface area (Å²) in [6.07, 6.45) is -12.9. The van der Waals surface area contributed by atoms with Crippen molar-refractivity contribution in [3.63, 3.8) is 0 Å². The third-order valence-corrected chi connectivity index (χ3v) is 3.88. The van der Waals surface area contributed by atoms with Gasteiger partial charge in [0.1, 0.15) is 0 Å². The number of hydrogen-bond acceptors (Lipinski definition) is 5. The Morgan fingerprint density at radius 3 is 1.89 bits per heavy atom. The maximum Gasteiger partial charge on any atom is 0.399 e. The molecular formula is C15H12F6IO5-. The standard InChI is InChI=1S/C15H12F6IO5/c1-8(6-26-11(23)9-2-4-10(22)5-3-9)7-27-12(24)13(25,14(16,17)18)15(19,20)21/h2-5,8H,6-7H2,1H3/q-1. The van der Waals surface area contributed by atoms with Gasteiger partial charge >= 0.3 is 24.3 Å². The first-order valence-corrected chi connectivity index (χ1v) is 8.21. The molecule has 0 amide bonds. The average molecular weight is 513 g/mol. The molecule has 5 nitrogen and oxygen atoms in total. The summed E-state index contributed by atoms with van der Waals surface area (Å²) in [6, 6.07) is 6.13. The number of halogens is 7. The highest BCUT2D eigenvalue weighted by atomic mass is 127. The number of benzene rings is 1. The number of hydrogen-bond donors (Lipinski definition) is 0. The van der Waals surface area contributed by atoms with Gasteiger partial charge < -0.3 is 14.6 Å². The molecule has 152 valence electrons. The molecule has 0 aliphatic carbocycles. The normalized spacial score (nSPS) is 13.8. The lowest BCUT2D eigenvalue weighted by Crippen LogP contribution is -2.71. The predicted molar refractivity (Wildman–Crippen MR) is 84.4 cm³/mol. The summed E-state index contributed by atoms with van der Waals surface area (Å²) < 4.78 is 84.2. The SMILES string of the molecule is CC(COC(=O)c1ccc(I)cc1)COC(=O)C([O-])(C(F)(F)F)C(F)(F)F. The van der Waals surface area contributed by atoms with E-state index in [1.807, 2.05) is 22.6 Å². The van der Waals surface area contributed by atoms with E-state index in [4.69, 9.17) is 4.74 Å². The monoisotopic (exact) mass is 513 g/mol. The summed E-state index contributed by atoms with van der Waals surface area (Å²) in [5.41, 5.74) is -5.72. The Labute approximate surface area is 162 Å². The molecule has 0 aromatic heterocycles. The summed E-state index contributed by atoms with van der Waals surface area (Å²) in [6.45, 7) is -0.195. The van der Waals surface area contributed by atoms with Crippen LogP contribution in [0.15, 0.2) is 24.3 Å². The quantitative estimate of drug-likeness (QED) is 0.333. The minimum absolute atomic E-state index is 0.173. The number of rotatable bonds is 6. The Balaban J connectivity index is 2.62. The summed E-state index contributed by atoms with van der Waals surface area (Å²) in [7, 11) is 0. The van der Waals surface area contributed by atoms with Crippen molar-refractivity contribution in [2.24, 2.45) is 5.92 Å². The average Bonchev–Trinajstić information content (AvgIpc) is 2.55. The highest BCUT2D eigenvalue weighted by Crippen LogP contribution is 2.41. The molecule has 0 heterocycles. The van der Waals surface area contributed by atoms with E-state index in [2.05, 4.69) is 4.74 Å². The second-order valence-electron chi connectivity index (χ2n) is 5.49. The highest BCUT2D eigenvalue weighted by Gasteiger charge is 2.68. The van der Waals surface area contributed by atoms with Gasteiger partial charge in [0.25, 0.3) is 0 Å². The first-order valence-electron chi connectivity index (χ1n) is 7.14. The topological polar surface area (TPSA) is 75.7 Å². The van der Waals surface area contributed by atoms with E-state index in [9.17, 15) is 41.0 Å². The lowest BCUT2D eigenvalue weighted by atomic mass is 10.0. The molecule has 1 unspecified atom stereocenters. The van der Waals surface area contributed by atoms with Gasteiger partial charge in [-0.15, -0.1) is 0 Å². The van der Waals surface area contributed by atoms with Crippen LogP contribution in [-0.2, 0) is 14.3 Å². The smallest absolute Gasteiger partial charge is 0.399 e. The zero-order chi connectivity index (χ0) is 21.0. The molecule has 0 saturated heterocycles. The highest BCUT2D eigenvalue weighted by molar-refractivity contribution is 14.1. The molecule has 0 N–H and O–H groups in total. The minimum atomic E-state index is -6.43. The third-order valence-electron chi connectivity index (χ3n) is 3.16. The van der Waals surface area contributed by atoms with Gasteiger partial charge in [-0.2, -0.15) is 26.3 Å². The van der Waals surface area contributed by atoms with Crippen molar-refractivity contribution in [3.8, 4) is 0 Å². The molecule has 27 heavy (non-hydrogen) atoms. The zero-order valence-electron chi connectivity index (χ0n) is 13.5. The van der Waals surface area contributed by atoms with Crippen LogP contribution in [0, 0.1) is 9.49 Å². The summed E-state index contributed by atoms with van der Waals surface area (Å²) in [5, 5.41) is 11.1. The van der Waals surface area contributed by atoms with Crippen LogP contribution < -0.4 is 5.11 Å². The Kier molecular flexibility index (Phi) is 7.50. The van der Waals surface area contributed by atoms with E-state index in [0.29, 0.717) is 0 Å². The van der Waals surface area contributed by atoms with Crippen molar-refractivity contribution in [2.45, 2.75) is 24.9 Å². The van der Waals surface area contributed by atoms with Crippen LogP contribution in [-0.4, -0.2) is 43.1 Å². The minimum Gasteiger partial charge on any atom is -0.828 e. The largest absolute Gasteiger partial charge is 0.828 e. The molecule has 0 bridgehead atoms. The fourth-order valence-electron chi connectivity index (χ4n) is 1.65. The zero-order valence-corrected chi connectivity index (χ0v) is 15.6. The van der Waals surface area contributed by atoms with Gasteiger partial charge in [-0.1, -0.05) is 6.92 Å². The number of alkyl halides is 6. The van der Waals surface area contributed by atoms with Crippen LogP contribution in [0.1, 0.15) is 17.3 Å². The van der Waals surface area contributed by atoms with Gasteiger partial charge in [0.15, 0.2) is 5.60 Å². The van der Waals surface area contributed by atoms with Crippen molar-refractivity contribution >= 4 is 34.5 Å². The molecule has 1 aromatic rings. The van der Waals surface area contributed by atoms with Crippen molar-refractivity contribution in [1.82, 2.24) is 0 Å². The molecular weight excluding hydrogens is 501 g/mol. The second-order valence-corrected chi connectivity index (χ2v) is 6.73. The molecule has 1 rings (SSSR count). The fourth-order valence-corrected chi connectivity index (χ4v) is 2.01. The van der Waals surface area contributed by atoms with E-state index >= 15 is 0 Å². The van der Waals surface area contributed by atoms with Crippen LogP contribution >= 0.6 is 22.6 Å². The lowest BCUT2D eigenvalue weighted by molar-refractivity contribution is -0.574. The van der Waals surface area contributed by atoms with Gasteiger partial charge in [-0.05, 0) is 46.9 Å². The number of carbonyl (C=O) groups excluding carboxylic acids is 2. The van der Waals surface area contributed by atoms with Gasteiger partial charge in [-0.25, -0.2) is 4.79 Å². The van der Waals surface area contributed by atoms with Crippen molar-refractivity contribution < 1.29 is 50.5 Å². The molecule has 0 spiro atoms.